The van der Waals surface area contributed by atoms with Gasteiger partial charge in [-0.2, -0.15) is 0 Å². The molecule has 1 atom stereocenters. The zero-order valence-corrected chi connectivity index (χ0v) is 12.8. The number of hydrogen-bond donors (Lipinski definition) is 0. The quantitative estimate of drug-likeness (QED) is 0.542. The van der Waals surface area contributed by atoms with Crippen molar-refractivity contribution in [3.8, 4) is 11.3 Å². The highest BCUT2D eigenvalue weighted by molar-refractivity contribution is 5.87. The van der Waals surface area contributed by atoms with E-state index in [9.17, 15) is 10.1 Å². The van der Waals surface area contributed by atoms with Crippen molar-refractivity contribution in [1.82, 2.24) is 19.5 Å². The minimum atomic E-state index is -0.420. The van der Waals surface area contributed by atoms with E-state index >= 15 is 0 Å². The normalized spacial score (nSPS) is 17.9. The molecule has 1 aliphatic heterocycles. The van der Waals surface area contributed by atoms with Gasteiger partial charge in [0.25, 0.3) is 5.69 Å². The minimum Gasteiger partial charge on any atom is -0.358 e. The van der Waals surface area contributed by atoms with Gasteiger partial charge < -0.3 is 4.74 Å². The fourth-order valence-corrected chi connectivity index (χ4v) is 2.98. The van der Waals surface area contributed by atoms with Crippen LogP contribution in [0.3, 0.4) is 0 Å². The van der Waals surface area contributed by atoms with Crippen molar-refractivity contribution in [3.63, 3.8) is 0 Å². The Morgan fingerprint density at radius 3 is 2.96 bits per heavy atom. The molecule has 2 aromatic heterocycles. The van der Waals surface area contributed by atoms with Crippen molar-refractivity contribution >= 4 is 16.9 Å². The summed E-state index contributed by atoms with van der Waals surface area (Å²) in [7, 11) is 0. The van der Waals surface area contributed by atoms with Crippen LogP contribution in [0, 0.1) is 10.1 Å². The second-order valence-electron chi connectivity index (χ2n) is 5.67. The summed E-state index contributed by atoms with van der Waals surface area (Å²) in [5.74, 6) is 0. The number of imidazole rings is 1. The molecule has 0 saturated carbocycles. The number of ether oxygens (including phenoxy) is 1. The van der Waals surface area contributed by atoms with Crippen LogP contribution in [-0.2, 0) is 4.74 Å². The molecular weight excluding hydrogens is 310 g/mol. The van der Waals surface area contributed by atoms with E-state index in [-0.39, 0.29) is 11.9 Å². The van der Waals surface area contributed by atoms with Gasteiger partial charge in [0.15, 0.2) is 5.65 Å². The number of benzene rings is 1. The molecule has 122 valence electrons. The number of non-ortho nitro benzene ring substituents is 1. The van der Waals surface area contributed by atoms with Crippen LogP contribution in [0.4, 0.5) is 5.69 Å². The molecule has 0 aliphatic carbocycles. The van der Waals surface area contributed by atoms with Crippen LogP contribution in [0.5, 0.6) is 0 Å². The Bertz CT molecular complexity index is 902. The molecule has 0 bridgehead atoms. The SMILES string of the molecule is O=[N+]([O-])c1cccc(-c2ncnc3c2ncn3C2CCCCO2)c1. The first-order valence-electron chi connectivity index (χ1n) is 7.78. The lowest BCUT2D eigenvalue weighted by molar-refractivity contribution is -0.384. The predicted octanol–water partition coefficient (Wildman–Crippen LogP) is 3.10. The van der Waals surface area contributed by atoms with Gasteiger partial charge in [-0.25, -0.2) is 15.0 Å². The average Bonchev–Trinajstić information content (AvgIpc) is 3.06. The molecule has 0 radical (unpaired) electrons. The zero-order chi connectivity index (χ0) is 16.5. The molecule has 8 nitrogen and oxygen atoms in total. The highest BCUT2D eigenvalue weighted by atomic mass is 16.6. The van der Waals surface area contributed by atoms with Crippen LogP contribution in [0.1, 0.15) is 25.5 Å². The van der Waals surface area contributed by atoms with E-state index in [4.69, 9.17) is 4.74 Å². The minimum absolute atomic E-state index is 0.0225. The summed E-state index contributed by atoms with van der Waals surface area (Å²) in [5, 5.41) is 11.0. The van der Waals surface area contributed by atoms with Gasteiger partial charge in [0.05, 0.1) is 11.3 Å². The molecule has 8 heteroatoms. The van der Waals surface area contributed by atoms with Gasteiger partial charge in [0.1, 0.15) is 23.8 Å². The van der Waals surface area contributed by atoms with Crippen LogP contribution in [-0.4, -0.2) is 31.0 Å². The lowest BCUT2D eigenvalue weighted by atomic mass is 10.1. The van der Waals surface area contributed by atoms with E-state index in [1.54, 1.807) is 18.5 Å². The summed E-state index contributed by atoms with van der Waals surface area (Å²) in [6.07, 6.45) is 6.18. The Morgan fingerprint density at radius 1 is 1.25 bits per heavy atom. The van der Waals surface area contributed by atoms with E-state index in [0.717, 1.165) is 25.9 Å². The lowest BCUT2D eigenvalue weighted by Gasteiger charge is -2.23. The first-order valence-corrected chi connectivity index (χ1v) is 7.78. The topological polar surface area (TPSA) is 96.0 Å². The molecule has 0 N–H and O–H groups in total. The van der Waals surface area contributed by atoms with Gasteiger partial charge in [-0.15, -0.1) is 0 Å². The lowest BCUT2D eigenvalue weighted by Crippen LogP contribution is -2.17. The van der Waals surface area contributed by atoms with Crippen LogP contribution < -0.4 is 0 Å². The van der Waals surface area contributed by atoms with Crippen molar-refractivity contribution in [3.05, 3.63) is 47.0 Å². The fourth-order valence-electron chi connectivity index (χ4n) is 2.98. The molecule has 3 heterocycles. The maximum Gasteiger partial charge on any atom is 0.270 e. The van der Waals surface area contributed by atoms with Crippen molar-refractivity contribution in [2.24, 2.45) is 0 Å². The number of nitrogens with zero attached hydrogens (tertiary/aromatic N) is 5. The molecule has 1 unspecified atom stereocenters. The molecule has 4 rings (SSSR count). The first kappa shape index (κ1) is 14.7. The van der Waals surface area contributed by atoms with Crippen LogP contribution >= 0.6 is 0 Å². The van der Waals surface area contributed by atoms with Crippen LogP contribution in [0.2, 0.25) is 0 Å². The number of aromatic nitrogens is 4. The Balaban J connectivity index is 1.81. The summed E-state index contributed by atoms with van der Waals surface area (Å²) in [6, 6.07) is 6.38. The third-order valence-corrected chi connectivity index (χ3v) is 4.16. The van der Waals surface area contributed by atoms with Crippen molar-refractivity contribution in [2.45, 2.75) is 25.5 Å². The smallest absolute Gasteiger partial charge is 0.270 e. The highest BCUT2D eigenvalue weighted by Gasteiger charge is 2.21. The maximum absolute atomic E-state index is 11.0. The molecule has 1 saturated heterocycles. The number of hydrogen-bond acceptors (Lipinski definition) is 6. The Morgan fingerprint density at radius 2 is 2.17 bits per heavy atom. The molecular formula is C16H15N5O3. The maximum atomic E-state index is 11.0. The molecule has 1 fully saturated rings. The molecule has 1 aliphatic rings. The molecule has 0 amide bonds. The van der Waals surface area contributed by atoms with E-state index in [0.29, 0.717) is 22.4 Å². The van der Waals surface area contributed by atoms with Gasteiger partial charge in [-0.3, -0.25) is 14.7 Å². The number of rotatable bonds is 3. The van der Waals surface area contributed by atoms with Crippen molar-refractivity contribution in [1.29, 1.82) is 0 Å². The van der Waals surface area contributed by atoms with Gasteiger partial charge in [-0.1, -0.05) is 12.1 Å². The molecule has 1 aromatic carbocycles. The highest BCUT2D eigenvalue weighted by Crippen LogP contribution is 2.30. The standard InChI is InChI=1S/C16H15N5O3/c22-21(23)12-5-3-4-11(8-12)14-15-16(18-9-17-14)20(10-19-15)13-6-1-2-7-24-13/h3-5,8-10,13H,1-2,6-7H2. The van der Waals surface area contributed by atoms with E-state index in [2.05, 4.69) is 15.0 Å². The summed E-state index contributed by atoms with van der Waals surface area (Å²) in [6.45, 7) is 0.729. The summed E-state index contributed by atoms with van der Waals surface area (Å²) < 4.78 is 7.71. The second kappa shape index (κ2) is 5.97. The van der Waals surface area contributed by atoms with Crippen molar-refractivity contribution in [2.75, 3.05) is 6.61 Å². The Hall–Kier alpha value is -2.87. The van der Waals surface area contributed by atoms with Crippen LogP contribution in [0.25, 0.3) is 22.4 Å². The molecule has 0 spiro atoms. The van der Waals surface area contributed by atoms with E-state index in [1.165, 1.54) is 18.5 Å². The van der Waals surface area contributed by atoms with Crippen molar-refractivity contribution < 1.29 is 9.66 Å². The Labute approximate surface area is 137 Å². The average molecular weight is 325 g/mol. The second-order valence-corrected chi connectivity index (χ2v) is 5.67. The Kier molecular flexibility index (Phi) is 3.66. The molecule has 24 heavy (non-hydrogen) atoms. The monoisotopic (exact) mass is 325 g/mol. The summed E-state index contributed by atoms with van der Waals surface area (Å²) in [4.78, 5) is 23.6. The third kappa shape index (κ3) is 2.50. The number of nitro groups is 1. The van der Waals surface area contributed by atoms with E-state index < -0.39 is 4.92 Å². The predicted molar refractivity (Wildman–Crippen MR) is 86.3 cm³/mol. The first-order chi connectivity index (χ1) is 11.7. The van der Waals surface area contributed by atoms with E-state index in [1.807, 2.05) is 4.57 Å². The zero-order valence-electron chi connectivity index (χ0n) is 12.8. The third-order valence-electron chi connectivity index (χ3n) is 4.16. The molecule has 3 aromatic rings. The fraction of sp³-hybridized carbons (Fsp3) is 0.312. The summed E-state index contributed by atoms with van der Waals surface area (Å²) in [5.41, 5.74) is 2.55. The van der Waals surface area contributed by atoms with Gasteiger partial charge in [-0.05, 0) is 19.3 Å². The largest absolute Gasteiger partial charge is 0.358 e. The summed E-state index contributed by atoms with van der Waals surface area (Å²) >= 11 is 0. The van der Waals surface area contributed by atoms with Gasteiger partial charge >= 0.3 is 0 Å². The number of nitro benzene ring substituents is 1. The van der Waals surface area contributed by atoms with Gasteiger partial charge in [0.2, 0.25) is 0 Å². The van der Waals surface area contributed by atoms with Crippen LogP contribution in [0.15, 0.2) is 36.9 Å². The number of fused-ring (bicyclic) bond motifs is 1. The van der Waals surface area contributed by atoms with Gasteiger partial charge in [0, 0.05) is 24.3 Å².